The van der Waals surface area contributed by atoms with Crippen LogP contribution < -0.4 is 11.1 Å². The Labute approximate surface area is 119 Å². The largest absolute Gasteiger partial charge is 0.399 e. The van der Waals surface area contributed by atoms with Gasteiger partial charge in [0.1, 0.15) is 0 Å². The Bertz CT molecular complexity index is 442. The second-order valence-electron chi connectivity index (χ2n) is 5.19. The van der Waals surface area contributed by atoms with E-state index in [0.29, 0.717) is 16.7 Å². The molecule has 0 aromatic heterocycles. The molecule has 0 bridgehead atoms. The third kappa shape index (κ3) is 4.46. The van der Waals surface area contributed by atoms with Crippen LogP contribution in [-0.2, 0) is 4.79 Å². The topological polar surface area (TPSA) is 55.1 Å². The Morgan fingerprint density at radius 3 is 2.84 bits per heavy atom. The Kier molecular flexibility index (Phi) is 5.14. The molecule has 0 unspecified atom stereocenters. The summed E-state index contributed by atoms with van der Waals surface area (Å²) in [6, 6.07) is 5.60. The smallest absolute Gasteiger partial charge is 0.234 e. The molecule has 1 aliphatic carbocycles. The summed E-state index contributed by atoms with van der Waals surface area (Å²) in [6.45, 7) is 1.98. The molecule has 1 amide bonds. The van der Waals surface area contributed by atoms with E-state index in [1.165, 1.54) is 32.1 Å². The van der Waals surface area contributed by atoms with Crippen LogP contribution in [0.15, 0.2) is 18.2 Å². The van der Waals surface area contributed by atoms with Crippen molar-refractivity contribution in [3.8, 4) is 0 Å². The molecule has 1 saturated carbocycles. The normalized spacial score (nSPS) is 16.3. The lowest BCUT2D eigenvalue weighted by Crippen LogP contribution is -2.18. The Morgan fingerprint density at radius 1 is 1.37 bits per heavy atom. The van der Waals surface area contributed by atoms with E-state index < -0.39 is 0 Å². The minimum absolute atomic E-state index is 0.0734. The van der Waals surface area contributed by atoms with Gasteiger partial charge < -0.3 is 11.1 Å². The van der Waals surface area contributed by atoms with Crippen molar-refractivity contribution in [3.05, 3.63) is 23.8 Å². The number of rotatable bonds is 4. The molecule has 104 valence electrons. The zero-order valence-electron chi connectivity index (χ0n) is 11.4. The molecule has 1 aromatic carbocycles. The predicted octanol–water partition coefficient (Wildman–Crippen LogP) is 3.58. The molecule has 0 saturated heterocycles. The van der Waals surface area contributed by atoms with E-state index in [-0.39, 0.29) is 5.91 Å². The first kappa shape index (κ1) is 14.3. The van der Waals surface area contributed by atoms with E-state index in [2.05, 4.69) is 5.32 Å². The lowest BCUT2D eigenvalue weighted by atomic mass is 10.0. The van der Waals surface area contributed by atoms with Crippen LogP contribution >= 0.6 is 11.8 Å². The van der Waals surface area contributed by atoms with Gasteiger partial charge in [-0.1, -0.05) is 25.3 Å². The van der Waals surface area contributed by atoms with Crippen LogP contribution in [-0.4, -0.2) is 16.9 Å². The van der Waals surface area contributed by atoms with Gasteiger partial charge in [-0.25, -0.2) is 0 Å². The molecule has 0 atom stereocenters. The molecule has 2 rings (SSSR count). The first-order valence-electron chi connectivity index (χ1n) is 6.93. The molecular formula is C15H22N2OS. The Balaban J connectivity index is 1.81. The number of benzene rings is 1. The number of carbonyl (C=O) groups excluding carboxylic acids is 1. The summed E-state index contributed by atoms with van der Waals surface area (Å²) in [5.41, 5.74) is 8.29. The minimum atomic E-state index is 0.0734. The van der Waals surface area contributed by atoms with Gasteiger partial charge in [0.15, 0.2) is 0 Å². The van der Waals surface area contributed by atoms with E-state index >= 15 is 0 Å². The molecule has 4 heteroatoms. The fourth-order valence-corrected chi connectivity index (χ4v) is 3.51. The van der Waals surface area contributed by atoms with Gasteiger partial charge in [-0.15, -0.1) is 11.8 Å². The number of aryl methyl sites for hydroxylation is 1. The van der Waals surface area contributed by atoms with Gasteiger partial charge in [-0.3, -0.25) is 4.79 Å². The zero-order chi connectivity index (χ0) is 13.7. The van der Waals surface area contributed by atoms with Gasteiger partial charge in [0.25, 0.3) is 0 Å². The summed E-state index contributed by atoms with van der Waals surface area (Å²) in [4.78, 5) is 11.9. The summed E-state index contributed by atoms with van der Waals surface area (Å²) in [5, 5.41) is 3.62. The molecule has 0 heterocycles. The maximum Gasteiger partial charge on any atom is 0.234 e. The number of anilines is 2. The van der Waals surface area contributed by atoms with Gasteiger partial charge in [0.2, 0.25) is 5.91 Å². The molecule has 1 aromatic rings. The number of thioether (sulfide) groups is 1. The standard InChI is InChI=1S/C15H22N2OS/c1-11-7-8-12(16)9-14(11)17-15(18)10-19-13-5-3-2-4-6-13/h7-9,13H,2-6,10,16H2,1H3,(H,17,18). The van der Waals surface area contributed by atoms with Gasteiger partial charge in [0.05, 0.1) is 5.75 Å². The number of hydrogen-bond donors (Lipinski definition) is 2. The van der Waals surface area contributed by atoms with Crippen LogP contribution in [0.5, 0.6) is 0 Å². The quantitative estimate of drug-likeness (QED) is 0.828. The molecule has 0 spiro atoms. The van der Waals surface area contributed by atoms with Crippen molar-refractivity contribution in [2.24, 2.45) is 0 Å². The number of nitrogens with two attached hydrogens (primary N) is 1. The summed E-state index contributed by atoms with van der Waals surface area (Å²) < 4.78 is 0. The Hall–Kier alpha value is -1.16. The lowest BCUT2D eigenvalue weighted by molar-refractivity contribution is -0.113. The van der Waals surface area contributed by atoms with Gasteiger partial charge in [-0.05, 0) is 37.5 Å². The summed E-state index contributed by atoms with van der Waals surface area (Å²) in [7, 11) is 0. The number of nitrogen functional groups attached to an aromatic ring is 1. The Morgan fingerprint density at radius 2 is 2.11 bits per heavy atom. The van der Waals surface area contributed by atoms with Crippen molar-refractivity contribution in [1.82, 2.24) is 0 Å². The van der Waals surface area contributed by atoms with Gasteiger partial charge in [0, 0.05) is 16.6 Å². The number of nitrogens with one attached hydrogen (secondary N) is 1. The van der Waals surface area contributed by atoms with Crippen LogP contribution in [0.2, 0.25) is 0 Å². The van der Waals surface area contributed by atoms with Crippen LogP contribution in [0, 0.1) is 6.92 Å². The first-order valence-corrected chi connectivity index (χ1v) is 7.97. The van der Waals surface area contributed by atoms with Crippen molar-refractivity contribution < 1.29 is 4.79 Å². The second-order valence-corrected chi connectivity index (χ2v) is 6.48. The van der Waals surface area contributed by atoms with Crippen LogP contribution in [0.25, 0.3) is 0 Å². The third-order valence-corrected chi connectivity index (χ3v) is 4.91. The fourth-order valence-electron chi connectivity index (χ4n) is 2.39. The summed E-state index contributed by atoms with van der Waals surface area (Å²) >= 11 is 1.79. The lowest BCUT2D eigenvalue weighted by Gasteiger charge is -2.20. The molecule has 1 aliphatic rings. The molecule has 1 fully saturated rings. The predicted molar refractivity (Wildman–Crippen MR) is 83.6 cm³/mol. The monoisotopic (exact) mass is 278 g/mol. The van der Waals surface area contributed by atoms with E-state index in [1.54, 1.807) is 11.8 Å². The summed E-state index contributed by atoms with van der Waals surface area (Å²) in [6.07, 6.45) is 6.50. The second kappa shape index (κ2) is 6.85. The highest BCUT2D eigenvalue weighted by molar-refractivity contribution is 8.00. The van der Waals surface area contributed by atoms with E-state index in [4.69, 9.17) is 5.73 Å². The van der Waals surface area contributed by atoms with Crippen LogP contribution in [0.1, 0.15) is 37.7 Å². The number of hydrogen-bond acceptors (Lipinski definition) is 3. The molecule has 0 aliphatic heterocycles. The first-order chi connectivity index (χ1) is 9.15. The molecule has 0 radical (unpaired) electrons. The van der Waals surface area contributed by atoms with Crippen molar-refractivity contribution >= 4 is 29.0 Å². The highest BCUT2D eigenvalue weighted by Crippen LogP contribution is 2.28. The van der Waals surface area contributed by atoms with E-state index in [1.807, 2.05) is 25.1 Å². The average Bonchev–Trinajstić information content (AvgIpc) is 2.42. The maximum atomic E-state index is 11.9. The van der Waals surface area contributed by atoms with Crippen LogP contribution in [0.4, 0.5) is 11.4 Å². The van der Waals surface area contributed by atoms with Gasteiger partial charge >= 0.3 is 0 Å². The SMILES string of the molecule is Cc1ccc(N)cc1NC(=O)CSC1CCCCC1. The molecule has 19 heavy (non-hydrogen) atoms. The third-order valence-electron chi connectivity index (χ3n) is 3.54. The molecule has 3 N–H and O–H groups in total. The highest BCUT2D eigenvalue weighted by Gasteiger charge is 2.15. The fraction of sp³-hybridized carbons (Fsp3) is 0.533. The highest BCUT2D eigenvalue weighted by atomic mass is 32.2. The van der Waals surface area contributed by atoms with Crippen molar-refractivity contribution in [1.29, 1.82) is 0 Å². The minimum Gasteiger partial charge on any atom is -0.399 e. The maximum absolute atomic E-state index is 11.9. The van der Waals surface area contributed by atoms with Crippen molar-refractivity contribution in [3.63, 3.8) is 0 Å². The van der Waals surface area contributed by atoms with Gasteiger partial charge in [-0.2, -0.15) is 0 Å². The van der Waals surface area contributed by atoms with E-state index in [0.717, 1.165) is 11.3 Å². The molecular weight excluding hydrogens is 256 g/mol. The van der Waals surface area contributed by atoms with Crippen LogP contribution in [0.3, 0.4) is 0 Å². The van der Waals surface area contributed by atoms with E-state index in [9.17, 15) is 4.79 Å². The summed E-state index contributed by atoms with van der Waals surface area (Å²) in [5.74, 6) is 0.614. The number of amides is 1. The molecule has 3 nitrogen and oxygen atoms in total. The van der Waals surface area contributed by atoms with Crippen molar-refractivity contribution in [2.75, 3.05) is 16.8 Å². The average molecular weight is 278 g/mol. The van der Waals surface area contributed by atoms with Crippen molar-refractivity contribution in [2.45, 2.75) is 44.3 Å². The number of carbonyl (C=O) groups is 1. The zero-order valence-corrected chi connectivity index (χ0v) is 12.3.